The second kappa shape index (κ2) is 46.5. The fraction of sp³-hybridized carbons (Fsp3) is 0.244. The van der Waals surface area contributed by atoms with Gasteiger partial charge in [0.2, 0.25) is 34.2 Å². The third-order valence-electron chi connectivity index (χ3n) is 29.1. The molecule has 2 aliphatic carbocycles. The lowest BCUT2D eigenvalue weighted by Gasteiger charge is -2.24. The van der Waals surface area contributed by atoms with E-state index in [1.807, 2.05) is 0 Å². The molecule has 18 aromatic rings. The van der Waals surface area contributed by atoms with Crippen molar-refractivity contribution in [1.82, 2.24) is 0 Å². The molecule has 0 atom stereocenters. The van der Waals surface area contributed by atoms with Crippen molar-refractivity contribution < 1.29 is 27.4 Å². The summed E-state index contributed by atoms with van der Waals surface area (Å²) < 4.78 is 13.3. The van der Waals surface area contributed by atoms with E-state index >= 15 is 0 Å². The molecule has 6 aromatic heterocycles. The number of hydrogen-bond acceptors (Lipinski definition) is 0. The van der Waals surface area contributed by atoms with E-state index in [2.05, 4.69) is 545 Å². The monoisotopic (exact) mass is 1850 g/mol. The molecule has 0 unspecified atom stereocenters. The lowest BCUT2D eigenvalue weighted by molar-refractivity contribution is -0.660. The molecular weight excluding hydrogens is 1710 g/mol. The maximum absolute atomic E-state index is 2.35. The zero-order valence-corrected chi connectivity index (χ0v) is 87.8. The fourth-order valence-corrected chi connectivity index (χ4v) is 21.9. The molecule has 0 amide bonds. The highest BCUT2D eigenvalue weighted by Crippen LogP contribution is 2.46. The molecule has 6 nitrogen and oxygen atoms in total. The van der Waals surface area contributed by atoms with E-state index in [1.165, 1.54) is 281 Å². The Morgan fingerprint density at radius 2 is 0.411 bits per heavy atom. The van der Waals surface area contributed by atoms with Gasteiger partial charge < -0.3 is 0 Å². The normalized spacial score (nSPS) is 12.3. The van der Waals surface area contributed by atoms with Gasteiger partial charge in [-0.3, -0.25) is 0 Å². The van der Waals surface area contributed by atoms with Crippen LogP contribution in [0.2, 0.25) is 0 Å². The van der Waals surface area contributed by atoms with Crippen molar-refractivity contribution in [3.8, 4) is 134 Å². The molecule has 12 aromatic carbocycles. The molecule has 710 valence electrons. The van der Waals surface area contributed by atoms with E-state index in [4.69, 9.17) is 0 Å². The van der Waals surface area contributed by atoms with Crippen molar-refractivity contribution in [1.29, 1.82) is 0 Å². The van der Waals surface area contributed by atoms with E-state index in [0.29, 0.717) is 0 Å². The predicted molar refractivity (Wildman–Crippen MR) is 594 cm³/mol. The highest BCUT2D eigenvalue weighted by molar-refractivity contribution is 5.91. The van der Waals surface area contributed by atoms with E-state index in [0.717, 1.165) is 11.8 Å². The van der Waals surface area contributed by atoms with E-state index in [-0.39, 0.29) is 0 Å². The molecule has 2 aliphatic rings. The van der Waals surface area contributed by atoms with Crippen LogP contribution >= 0.6 is 0 Å². The summed E-state index contributed by atoms with van der Waals surface area (Å²) in [5.41, 5.74) is 55.7. The number of hydrogen-bond donors (Lipinski definition) is 0. The van der Waals surface area contributed by atoms with Crippen molar-refractivity contribution in [3.63, 3.8) is 0 Å². The number of pyridine rings is 6. The van der Waals surface area contributed by atoms with Crippen molar-refractivity contribution in [2.75, 3.05) is 0 Å². The van der Waals surface area contributed by atoms with Gasteiger partial charge in [0.1, 0.15) is 42.3 Å². The zero-order valence-electron chi connectivity index (χ0n) is 87.8. The largest absolute Gasteiger partial charge is 0.213 e. The van der Waals surface area contributed by atoms with Gasteiger partial charge in [0.15, 0.2) is 37.2 Å². The summed E-state index contributed by atoms with van der Waals surface area (Å²) in [6, 6.07) is 119. The van der Waals surface area contributed by atoms with Crippen LogP contribution in [-0.4, -0.2) is 0 Å². The summed E-state index contributed by atoms with van der Waals surface area (Å²) in [5.74, 6) is 1.51. The van der Waals surface area contributed by atoms with Crippen molar-refractivity contribution in [3.05, 3.63) is 465 Å². The Balaban J connectivity index is 0.000000129. The number of benzene rings is 12. The SMILES string of the molecule is Cc1cc(C)c(-c2cccc(C)c2-c2cccc[n+]2C)c(C)c1.Cc1ccc(-c2cc(C)c(-c3cccc(C)c3-c3cccc[n+]3C)c(C)c2)cc1.Cc1ccc(-c2ccc(-c3cccc(C)c3-c3cccc[n+]3C)c(C)c2)cc1.Cc1ccc(-c2cccc(C)c2-c2cccc[n+]2C)c(C)c1.Cc1cccc(C2CCCC2)c1-c1cccc[n+]1C.Cc1cccc(C2CCCCC2)c1-c1cccc[n+]1C. The minimum Gasteiger partial charge on any atom is -0.201 e. The Morgan fingerprint density at radius 1 is 0.163 bits per heavy atom. The van der Waals surface area contributed by atoms with Crippen LogP contribution in [0.1, 0.15) is 170 Å². The molecule has 20 rings (SSSR count). The van der Waals surface area contributed by atoms with Crippen LogP contribution in [0.5, 0.6) is 0 Å². The number of aryl methyl sites for hydroxylation is 22. The standard InChI is InChI=1S/C28H28N.C27H26N.C22H24N.C21H22N.C19H24N.C18H22N/c1-19-12-14-23(15-13-19)24-17-21(3)27(22(4)18-24)25-10-8-9-20(2)28(25)26-11-6-7-16-29(26)5;1-19-11-13-22(14-12-19)23-15-16-24(21(3)18-23)25-9-7-8-20(2)27(25)26-10-5-6-17-28(26)4;1-15-13-17(3)21(18(4)14-15)19-10-8-9-16(2)22(19)20-11-6-7-12-23(20)5;1-15-11-12-18(17(3)14-15)19-9-7-8-16(2)21(19)20-10-5-6-13-22(20)4;1-15-9-8-12-17(16-10-4-3-5-11-16)19(15)18-13-6-7-14-20(18)2;1-14-8-7-11-16(15-9-3-4-10-15)18(14)17-12-5-6-13-19(17)2/h6-18H,1-5H3;5-18H,1-4H3;6-14H,1-5H3;5-14H,1-4H3;6-9,12-14,16H,3-5,10-11H2,1-2H3;5-8,11-13,15H,3-4,9-10H2,1-2H3/q6*+1. The second-order valence-corrected chi connectivity index (χ2v) is 39.9. The molecule has 2 fully saturated rings. The maximum Gasteiger partial charge on any atom is 0.213 e. The van der Waals surface area contributed by atoms with E-state index < -0.39 is 0 Å². The van der Waals surface area contributed by atoms with Crippen molar-refractivity contribution in [2.24, 2.45) is 42.3 Å². The molecule has 0 aliphatic heterocycles. The highest BCUT2D eigenvalue weighted by Gasteiger charge is 2.29. The van der Waals surface area contributed by atoms with E-state index in [9.17, 15) is 0 Å². The maximum atomic E-state index is 2.35. The molecule has 141 heavy (non-hydrogen) atoms. The van der Waals surface area contributed by atoms with Gasteiger partial charge in [0.25, 0.3) is 0 Å². The second-order valence-electron chi connectivity index (χ2n) is 39.9. The Kier molecular flexibility index (Phi) is 33.3. The molecule has 6 heterocycles. The molecule has 2 saturated carbocycles. The number of nitrogens with zero attached hydrogens (tertiary/aromatic N) is 6. The van der Waals surface area contributed by atoms with Crippen LogP contribution in [0.4, 0.5) is 0 Å². The lowest BCUT2D eigenvalue weighted by Crippen LogP contribution is -2.30. The van der Waals surface area contributed by atoms with Gasteiger partial charge in [0, 0.05) is 72.8 Å². The highest BCUT2D eigenvalue weighted by atomic mass is 14.9. The average molecular weight is 1850 g/mol. The third-order valence-corrected chi connectivity index (χ3v) is 29.1. The third kappa shape index (κ3) is 23.7. The molecular formula is C135H146N6+6. The molecule has 6 heteroatoms. The first-order chi connectivity index (χ1) is 68.1. The topological polar surface area (TPSA) is 23.3 Å². The van der Waals surface area contributed by atoms with Gasteiger partial charge >= 0.3 is 0 Å². The summed E-state index contributed by atoms with van der Waals surface area (Å²) in [5, 5.41) is 0. The van der Waals surface area contributed by atoms with Gasteiger partial charge in [-0.1, -0.05) is 273 Å². The summed E-state index contributed by atoms with van der Waals surface area (Å²) in [6.45, 7) is 35.1. The quantitative estimate of drug-likeness (QED) is 0.0969. The van der Waals surface area contributed by atoms with Crippen LogP contribution in [0, 0.1) is 111 Å². The summed E-state index contributed by atoms with van der Waals surface area (Å²) in [6.07, 6.45) is 25.1. The Labute approximate surface area is 843 Å². The summed E-state index contributed by atoms with van der Waals surface area (Å²) >= 11 is 0. The van der Waals surface area contributed by atoms with Crippen LogP contribution < -0.4 is 27.4 Å². The minimum absolute atomic E-state index is 0.749. The summed E-state index contributed by atoms with van der Waals surface area (Å²) in [7, 11) is 12.7. The first-order valence-electron chi connectivity index (χ1n) is 50.9. The van der Waals surface area contributed by atoms with Gasteiger partial charge in [-0.25, -0.2) is 27.4 Å². The first kappa shape index (κ1) is 101. The average Bonchev–Trinajstić information content (AvgIpc) is 0.921. The molecule has 0 saturated heterocycles. The van der Waals surface area contributed by atoms with Crippen LogP contribution in [0.3, 0.4) is 0 Å². The molecule has 0 spiro atoms. The smallest absolute Gasteiger partial charge is 0.201 e. The van der Waals surface area contributed by atoms with Crippen molar-refractivity contribution in [2.45, 2.75) is 180 Å². The molecule has 0 bridgehead atoms. The van der Waals surface area contributed by atoms with Crippen LogP contribution in [-0.2, 0) is 42.3 Å². The van der Waals surface area contributed by atoms with E-state index in [1.54, 1.807) is 11.1 Å². The lowest BCUT2D eigenvalue weighted by atomic mass is 9.80. The van der Waals surface area contributed by atoms with Gasteiger partial charge in [-0.05, 0) is 329 Å². The minimum atomic E-state index is 0.749. The Morgan fingerprint density at radius 3 is 0.738 bits per heavy atom. The summed E-state index contributed by atoms with van der Waals surface area (Å²) in [4.78, 5) is 0. The number of rotatable bonds is 14. The van der Waals surface area contributed by atoms with Gasteiger partial charge in [-0.2, -0.15) is 0 Å². The Bertz CT molecular complexity index is 7410. The van der Waals surface area contributed by atoms with Crippen molar-refractivity contribution >= 4 is 0 Å². The molecule has 0 N–H and O–H groups in total. The van der Waals surface area contributed by atoms with Crippen LogP contribution in [0.15, 0.2) is 365 Å². The Hall–Kier alpha value is -14.5. The first-order valence-corrected chi connectivity index (χ1v) is 50.9. The fourth-order valence-electron chi connectivity index (χ4n) is 21.9. The van der Waals surface area contributed by atoms with Gasteiger partial charge in [-0.15, -0.1) is 0 Å². The van der Waals surface area contributed by atoms with Gasteiger partial charge in [0.05, 0.1) is 33.4 Å². The molecule has 0 radical (unpaired) electrons. The predicted octanol–water partition coefficient (Wildman–Crippen LogP) is 31.7. The number of aromatic nitrogens is 6. The van der Waals surface area contributed by atoms with Crippen LogP contribution in [0.25, 0.3) is 134 Å². The zero-order chi connectivity index (χ0) is 99.7.